The SMILES string of the molecule is OC1CCC(O)(C(O)CC2c3c(F)cccc3-c3cncn32)CC1. The van der Waals surface area contributed by atoms with Crippen LogP contribution in [0, 0.1) is 5.82 Å². The molecule has 24 heavy (non-hydrogen) atoms. The van der Waals surface area contributed by atoms with Gasteiger partial charge < -0.3 is 19.9 Å². The Labute approximate surface area is 139 Å². The second-order valence-electron chi connectivity index (χ2n) is 6.99. The van der Waals surface area contributed by atoms with E-state index in [1.165, 1.54) is 6.07 Å². The van der Waals surface area contributed by atoms with E-state index in [0.29, 0.717) is 31.2 Å². The highest BCUT2D eigenvalue weighted by Crippen LogP contribution is 2.44. The predicted octanol–water partition coefficient (Wildman–Crippen LogP) is 2.01. The number of aliphatic hydroxyl groups excluding tert-OH is 2. The largest absolute Gasteiger partial charge is 0.393 e. The van der Waals surface area contributed by atoms with Crippen molar-refractivity contribution in [1.29, 1.82) is 0 Å². The minimum absolute atomic E-state index is 0.212. The Bertz CT molecular complexity index is 752. The van der Waals surface area contributed by atoms with Crippen LogP contribution in [-0.2, 0) is 0 Å². The third-order valence-electron chi connectivity index (χ3n) is 5.55. The van der Waals surface area contributed by atoms with Crippen molar-refractivity contribution in [2.75, 3.05) is 0 Å². The van der Waals surface area contributed by atoms with Gasteiger partial charge in [-0.15, -0.1) is 0 Å². The first-order valence-corrected chi connectivity index (χ1v) is 8.39. The van der Waals surface area contributed by atoms with Gasteiger partial charge in [-0.25, -0.2) is 9.37 Å². The number of aromatic nitrogens is 2. The predicted molar refractivity (Wildman–Crippen MR) is 85.8 cm³/mol. The molecule has 0 radical (unpaired) electrons. The van der Waals surface area contributed by atoms with Crippen LogP contribution in [0.1, 0.15) is 43.7 Å². The third-order valence-corrected chi connectivity index (χ3v) is 5.55. The molecule has 6 heteroatoms. The lowest BCUT2D eigenvalue weighted by molar-refractivity contribution is -0.117. The third kappa shape index (κ3) is 2.37. The van der Waals surface area contributed by atoms with E-state index in [1.54, 1.807) is 18.6 Å². The lowest BCUT2D eigenvalue weighted by atomic mass is 9.77. The standard InChI is InChI=1S/C18H21FN2O3/c19-13-3-1-2-12-15-9-20-10-21(15)14(17(12)13)8-16(23)18(24)6-4-11(22)5-7-18/h1-3,9-11,14,16,22-24H,4-8H2. The van der Waals surface area contributed by atoms with Crippen LogP contribution in [0.4, 0.5) is 4.39 Å². The number of rotatable bonds is 3. The van der Waals surface area contributed by atoms with Gasteiger partial charge in [-0.05, 0) is 31.7 Å². The van der Waals surface area contributed by atoms with Crippen molar-refractivity contribution in [3.8, 4) is 11.3 Å². The fourth-order valence-corrected chi connectivity index (χ4v) is 4.10. The second-order valence-corrected chi connectivity index (χ2v) is 6.99. The number of hydrogen-bond donors (Lipinski definition) is 3. The summed E-state index contributed by atoms with van der Waals surface area (Å²) in [7, 11) is 0. The number of nitrogens with zero attached hydrogens (tertiary/aromatic N) is 2. The first-order chi connectivity index (χ1) is 11.5. The van der Waals surface area contributed by atoms with Crippen molar-refractivity contribution >= 4 is 0 Å². The molecular formula is C18H21FN2O3. The summed E-state index contributed by atoms with van der Waals surface area (Å²) in [6, 6.07) is 4.55. The molecule has 2 heterocycles. The molecule has 1 aromatic heterocycles. The van der Waals surface area contributed by atoms with Crippen LogP contribution >= 0.6 is 0 Å². The Morgan fingerprint density at radius 1 is 1.33 bits per heavy atom. The summed E-state index contributed by atoms with van der Waals surface area (Å²) in [5.74, 6) is -0.306. The molecular weight excluding hydrogens is 311 g/mol. The highest BCUT2D eigenvalue weighted by Gasteiger charge is 2.42. The number of fused-ring (bicyclic) bond motifs is 3. The molecule has 1 aromatic carbocycles. The average molecular weight is 332 g/mol. The summed E-state index contributed by atoms with van der Waals surface area (Å²) in [6.07, 6.45) is 3.78. The monoisotopic (exact) mass is 332 g/mol. The molecule has 0 bridgehead atoms. The van der Waals surface area contributed by atoms with Crippen LogP contribution in [0.5, 0.6) is 0 Å². The molecule has 2 unspecified atom stereocenters. The summed E-state index contributed by atoms with van der Waals surface area (Å²) >= 11 is 0. The van der Waals surface area contributed by atoms with E-state index in [4.69, 9.17) is 0 Å². The van der Waals surface area contributed by atoms with E-state index >= 15 is 0 Å². The van der Waals surface area contributed by atoms with Crippen LogP contribution in [0.3, 0.4) is 0 Å². The Balaban J connectivity index is 1.64. The minimum Gasteiger partial charge on any atom is -0.393 e. The normalized spacial score (nSPS) is 30.0. The van der Waals surface area contributed by atoms with Crippen LogP contribution in [0.2, 0.25) is 0 Å². The summed E-state index contributed by atoms with van der Waals surface area (Å²) < 4.78 is 16.3. The topological polar surface area (TPSA) is 78.5 Å². The van der Waals surface area contributed by atoms with Gasteiger partial charge in [0.05, 0.1) is 42.1 Å². The second kappa shape index (κ2) is 5.65. The fraction of sp³-hybridized carbons (Fsp3) is 0.500. The Kier molecular flexibility index (Phi) is 3.71. The molecule has 5 nitrogen and oxygen atoms in total. The number of hydrogen-bond acceptors (Lipinski definition) is 4. The lowest BCUT2D eigenvalue weighted by Crippen LogP contribution is -2.47. The lowest BCUT2D eigenvalue weighted by Gasteiger charge is -2.39. The van der Waals surface area contributed by atoms with Gasteiger partial charge >= 0.3 is 0 Å². The van der Waals surface area contributed by atoms with E-state index < -0.39 is 17.8 Å². The van der Waals surface area contributed by atoms with Crippen molar-refractivity contribution in [1.82, 2.24) is 9.55 Å². The van der Waals surface area contributed by atoms with E-state index in [1.807, 2.05) is 10.6 Å². The molecule has 1 aliphatic heterocycles. The van der Waals surface area contributed by atoms with Crippen LogP contribution in [0.25, 0.3) is 11.3 Å². The summed E-state index contributed by atoms with van der Waals surface area (Å²) in [4.78, 5) is 4.13. The number of halogens is 1. The highest BCUT2D eigenvalue weighted by atomic mass is 19.1. The van der Waals surface area contributed by atoms with E-state index in [9.17, 15) is 19.7 Å². The Hall–Kier alpha value is -1.76. The summed E-state index contributed by atoms with van der Waals surface area (Å²) in [6.45, 7) is 0. The van der Waals surface area contributed by atoms with Gasteiger partial charge in [0.1, 0.15) is 5.82 Å². The maximum atomic E-state index is 14.4. The zero-order valence-corrected chi connectivity index (χ0v) is 13.3. The van der Waals surface area contributed by atoms with E-state index in [0.717, 1.165) is 11.3 Å². The van der Waals surface area contributed by atoms with Gasteiger partial charge in [0.15, 0.2) is 0 Å². The maximum Gasteiger partial charge on any atom is 0.129 e. The summed E-state index contributed by atoms with van der Waals surface area (Å²) in [5.41, 5.74) is 0.936. The summed E-state index contributed by atoms with van der Waals surface area (Å²) in [5, 5.41) is 31.0. The van der Waals surface area contributed by atoms with Crippen molar-refractivity contribution in [3.63, 3.8) is 0 Å². The molecule has 2 aliphatic rings. The quantitative estimate of drug-likeness (QED) is 0.803. The van der Waals surface area contributed by atoms with E-state index in [-0.39, 0.29) is 18.3 Å². The number of imidazole rings is 1. The van der Waals surface area contributed by atoms with Gasteiger partial charge in [0.2, 0.25) is 0 Å². The first-order valence-electron chi connectivity index (χ1n) is 8.39. The van der Waals surface area contributed by atoms with Gasteiger partial charge in [-0.2, -0.15) is 0 Å². The molecule has 2 atom stereocenters. The average Bonchev–Trinajstić information content (AvgIpc) is 3.14. The maximum absolute atomic E-state index is 14.4. The molecule has 2 aromatic rings. The zero-order chi connectivity index (χ0) is 16.9. The molecule has 0 amide bonds. The molecule has 4 rings (SSSR count). The Morgan fingerprint density at radius 3 is 2.83 bits per heavy atom. The van der Waals surface area contributed by atoms with E-state index in [2.05, 4.69) is 4.98 Å². The van der Waals surface area contributed by atoms with Gasteiger partial charge in [-0.1, -0.05) is 12.1 Å². The van der Waals surface area contributed by atoms with Crippen molar-refractivity contribution in [2.45, 2.75) is 56.0 Å². The van der Waals surface area contributed by atoms with Gasteiger partial charge in [0.25, 0.3) is 0 Å². The van der Waals surface area contributed by atoms with Crippen molar-refractivity contribution in [3.05, 3.63) is 42.1 Å². The van der Waals surface area contributed by atoms with Crippen LogP contribution in [0.15, 0.2) is 30.7 Å². The van der Waals surface area contributed by atoms with Crippen molar-refractivity contribution in [2.24, 2.45) is 0 Å². The number of benzene rings is 1. The van der Waals surface area contributed by atoms with Crippen molar-refractivity contribution < 1.29 is 19.7 Å². The Morgan fingerprint density at radius 2 is 2.08 bits per heavy atom. The van der Waals surface area contributed by atoms with Gasteiger partial charge in [0, 0.05) is 17.5 Å². The number of aliphatic hydroxyl groups is 3. The highest BCUT2D eigenvalue weighted by molar-refractivity contribution is 5.69. The van der Waals surface area contributed by atoms with Crippen LogP contribution < -0.4 is 0 Å². The van der Waals surface area contributed by atoms with Gasteiger partial charge in [-0.3, -0.25) is 0 Å². The molecule has 0 spiro atoms. The molecule has 3 N–H and O–H groups in total. The van der Waals surface area contributed by atoms with Crippen LogP contribution in [-0.4, -0.2) is 42.7 Å². The zero-order valence-electron chi connectivity index (χ0n) is 13.3. The molecule has 1 aliphatic carbocycles. The molecule has 0 saturated heterocycles. The molecule has 1 saturated carbocycles. The first kappa shape index (κ1) is 15.7. The molecule has 128 valence electrons. The fourth-order valence-electron chi connectivity index (χ4n) is 4.10. The molecule has 1 fully saturated rings. The smallest absolute Gasteiger partial charge is 0.129 e. The minimum atomic E-state index is -1.23.